The van der Waals surface area contributed by atoms with Crippen LogP contribution in [0.15, 0.2) is 93.6 Å². The van der Waals surface area contributed by atoms with Crippen molar-refractivity contribution in [3.05, 3.63) is 101 Å². The molecule has 2 N–H and O–H groups in total. The number of rotatable bonds is 13. The van der Waals surface area contributed by atoms with Crippen LogP contribution in [0.3, 0.4) is 0 Å². The fourth-order valence-corrected chi connectivity index (χ4v) is 7.46. The molecule has 12 heteroatoms. The first-order valence-corrected chi connectivity index (χ1v) is 18.2. The number of nitrogens with zero attached hydrogens (tertiary/aromatic N) is 4. The zero-order valence-electron chi connectivity index (χ0n) is 27.8. The molecule has 0 spiro atoms. The largest absolute Gasteiger partial charge is 0.488 e. The highest BCUT2D eigenvalue weighted by Crippen LogP contribution is 2.21. The lowest BCUT2D eigenvalue weighted by Crippen LogP contribution is -2.47. The van der Waals surface area contributed by atoms with Crippen molar-refractivity contribution in [2.75, 3.05) is 76.8 Å². The monoisotopic (exact) mass is 685 g/mol. The van der Waals surface area contributed by atoms with Gasteiger partial charge >= 0.3 is 0 Å². The number of aliphatic hydroxyl groups excluding tert-OH is 1. The summed E-state index contributed by atoms with van der Waals surface area (Å²) in [6, 6.07) is 17.7. The van der Waals surface area contributed by atoms with E-state index in [9.17, 15) is 13.8 Å². The number of anilines is 1. The number of carbonyl (C=O) groups excluding carboxylic acids is 2. The van der Waals surface area contributed by atoms with Gasteiger partial charge in [0.1, 0.15) is 0 Å². The van der Waals surface area contributed by atoms with Crippen molar-refractivity contribution >= 4 is 27.2 Å². The van der Waals surface area contributed by atoms with Gasteiger partial charge in [-0.1, -0.05) is 36.1 Å². The first-order valence-electron chi connectivity index (χ1n) is 16.5. The summed E-state index contributed by atoms with van der Waals surface area (Å²) in [6.07, 6.45) is 4.33. The van der Waals surface area contributed by atoms with Crippen LogP contribution >= 0.6 is 0 Å². The third-order valence-electron chi connectivity index (χ3n) is 8.26. The Morgan fingerprint density at radius 2 is 1.73 bits per heavy atom. The topological polar surface area (TPSA) is 134 Å². The average Bonchev–Trinajstić information content (AvgIpc) is 3.56. The molecule has 258 valence electrons. The number of aliphatic hydroxyl groups is 1. The highest BCUT2D eigenvalue weighted by atomic mass is 32.2. The summed E-state index contributed by atoms with van der Waals surface area (Å²) < 4.78 is 29.5. The van der Waals surface area contributed by atoms with Gasteiger partial charge in [-0.3, -0.25) is 19.5 Å². The Bertz CT molecular complexity index is 1820. The van der Waals surface area contributed by atoms with Crippen LogP contribution in [0.2, 0.25) is 0 Å². The number of benzene rings is 2. The zero-order valence-corrected chi connectivity index (χ0v) is 28.6. The minimum Gasteiger partial charge on any atom is -0.488 e. The molecule has 3 heterocycles. The SMILES string of the molecule is CC1=C(C(=O)Nc2cccc(C#Cc3cncc(C(=O)N=[S@](=O)(CCCN4CCN(CCOCCO)CC4)c4ccccc4)c3)c2)OCC1. The van der Waals surface area contributed by atoms with Crippen LogP contribution in [0, 0.1) is 11.8 Å². The van der Waals surface area contributed by atoms with E-state index in [4.69, 9.17) is 14.6 Å². The lowest BCUT2D eigenvalue weighted by atomic mass is 10.1. The molecule has 49 heavy (non-hydrogen) atoms. The molecule has 3 aromatic rings. The molecular weight excluding hydrogens is 643 g/mol. The Kier molecular flexibility index (Phi) is 13.1. The molecule has 1 atom stereocenters. The number of hydrogen-bond donors (Lipinski definition) is 2. The van der Waals surface area contributed by atoms with E-state index in [1.807, 2.05) is 19.1 Å². The summed E-state index contributed by atoms with van der Waals surface area (Å²) in [5, 5.41) is 11.7. The van der Waals surface area contributed by atoms with E-state index in [0.29, 0.717) is 53.7 Å². The van der Waals surface area contributed by atoms with Crippen LogP contribution in [0.25, 0.3) is 0 Å². The predicted octanol–water partition coefficient (Wildman–Crippen LogP) is 3.80. The quantitative estimate of drug-likeness (QED) is 0.204. The van der Waals surface area contributed by atoms with Crippen LogP contribution in [0.5, 0.6) is 0 Å². The van der Waals surface area contributed by atoms with Gasteiger partial charge in [-0.15, -0.1) is 0 Å². The van der Waals surface area contributed by atoms with Gasteiger partial charge in [0.25, 0.3) is 11.8 Å². The molecule has 1 aromatic heterocycles. The van der Waals surface area contributed by atoms with Crippen LogP contribution in [0.1, 0.15) is 41.3 Å². The molecule has 0 bridgehead atoms. The van der Waals surface area contributed by atoms with E-state index < -0.39 is 15.6 Å². The Labute approximate surface area is 288 Å². The second-order valence-electron chi connectivity index (χ2n) is 11.9. The second-order valence-corrected chi connectivity index (χ2v) is 14.2. The Balaban J connectivity index is 1.23. The number of hydrogen-bond acceptors (Lipinski definition) is 9. The molecule has 0 unspecified atom stereocenters. The maximum Gasteiger partial charge on any atom is 0.290 e. The van der Waals surface area contributed by atoms with Crippen molar-refractivity contribution in [3.8, 4) is 11.8 Å². The standard InChI is InChI=1S/C37H43N5O6S/c1-29-13-21-48-35(29)37(45)39-33-8-5-7-30(26-33)11-12-31-25-32(28-38-27-31)36(44)40-49(46,34-9-3-2-4-10-34)24-6-14-41-15-17-42(18-16-41)19-22-47-23-20-43/h2-5,7-10,25-28,43H,6,13-24H2,1H3,(H,39,45)/t49-/m0/s1. The maximum absolute atomic E-state index is 14.3. The smallest absolute Gasteiger partial charge is 0.290 e. The maximum atomic E-state index is 14.3. The fourth-order valence-electron chi connectivity index (χ4n) is 5.55. The third-order valence-corrected chi connectivity index (χ3v) is 10.6. The first-order chi connectivity index (χ1) is 23.8. The lowest BCUT2D eigenvalue weighted by molar-refractivity contribution is -0.115. The summed E-state index contributed by atoms with van der Waals surface area (Å²) in [5.74, 6) is 5.81. The molecule has 2 amide bonds. The average molecular weight is 686 g/mol. The summed E-state index contributed by atoms with van der Waals surface area (Å²) in [7, 11) is -3.05. The molecule has 2 aliphatic heterocycles. The van der Waals surface area contributed by atoms with Crippen molar-refractivity contribution < 1.29 is 28.4 Å². The summed E-state index contributed by atoms with van der Waals surface area (Å²) in [5.41, 5.74) is 2.88. The van der Waals surface area contributed by atoms with Gasteiger partial charge in [0.15, 0.2) is 5.76 Å². The summed E-state index contributed by atoms with van der Waals surface area (Å²) >= 11 is 0. The summed E-state index contributed by atoms with van der Waals surface area (Å²) in [6.45, 7) is 8.60. The molecule has 1 fully saturated rings. The normalized spacial score (nSPS) is 16.3. The molecule has 1 saturated heterocycles. The molecule has 5 rings (SSSR count). The van der Waals surface area contributed by atoms with Crippen molar-refractivity contribution in [1.82, 2.24) is 14.8 Å². The molecule has 11 nitrogen and oxygen atoms in total. The Morgan fingerprint density at radius 3 is 2.47 bits per heavy atom. The van der Waals surface area contributed by atoms with E-state index in [0.717, 1.165) is 51.3 Å². The predicted molar refractivity (Wildman–Crippen MR) is 188 cm³/mol. The van der Waals surface area contributed by atoms with Crippen molar-refractivity contribution in [2.24, 2.45) is 4.36 Å². The van der Waals surface area contributed by atoms with E-state index in [1.54, 1.807) is 54.7 Å². The van der Waals surface area contributed by atoms with Gasteiger partial charge in [0.05, 0.1) is 41.7 Å². The minimum absolute atomic E-state index is 0.0328. The Hall–Kier alpha value is -4.38. The summed E-state index contributed by atoms with van der Waals surface area (Å²) in [4.78, 5) is 35.4. The van der Waals surface area contributed by atoms with Gasteiger partial charge in [0, 0.05) is 79.0 Å². The first kappa shape index (κ1) is 35.9. The number of nitrogens with one attached hydrogen (secondary N) is 1. The van der Waals surface area contributed by atoms with Crippen LogP contribution in [0.4, 0.5) is 5.69 Å². The molecular formula is C37H43N5O6S. The van der Waals surface area contributed by atoms with Gasteiger partial charge < -0.3 is 24.8 Å². The number of pyridine rings is 1. The fraction of sp³-hybridized carbons (Fsp3) is 0.378. The number of piperazine rings is 1. The van der Waals surface area contributed by atoms with Crippen LogP contribution in [-0.4, -0.2) is 107 Å². The molecule has 2 aromatic carbocycles. The molecule has 0 radical (unpaired) electrons. The molecule has 0 aliphatic carbocycles. The van der Waals surface area contributed by atoms with Crippen LogP contribution < -0.4 is 5.32 Å². The number of amides is 2. The minimum atomic E-state index is -3.05. The Morgan fingerprint density at radius 1 is 0.980 bits per heavy atom. The van der Waals surface area contributed by atoms with E-state index in [-0.39, 0.29) is 23.8 Å². The van der Waals surface area contributed by atoms with E-state index in [2.05, 4.69) is 36.3 Å². The highest BCUT2D eigenvalue weighted by Gasteiger charge is 2.21. The third kappa shape index (κ3) is 10.6. The number of ether oxygens (including phenoxy) is 2. The van der Waals surface area contributed by atoms with E-state index in [1.165, 1.54) is 6.20 Å². The zero-order chi connectivity index (χ0) is 34.5. The van der Waals surface area contributed by atoms with Crippen molar-refractivity contribution in [3.63, 3.8) is 0 Å². The van der Waals surface area contributed by atoms with E-state index >= 15 is 0 Å². The van der Waals surface area contributed by atoms with Gasteiger partial charge in [0.2, 0.25) is 0 Å². The van der Waals surface area contributed by atoms with Crippen molar-refractivity contribution in [2.45, 2.75) is 24.7 Å². The highest BCUT2D eigenvalue weighted by molar-refractivity contribution is 7.94. The van der Waals surface area contributed by atoms with Gasteiger partial charge in [-0.05, 0) is 61.9 Å². The van der Waals surface area contributed by atoms with Gasteiger partial charge in [-0.2, -0.15) is 4.36 Å². The lowest BCUT2D eigenvalue weighted by Gasteiger charge is -2.34. The second kappa shape index (κ2) is 17.9. The number of aromatic nitrogens is 1. The molecule has 2 aliphatic rings. The van der Waals surface area contributed by atoms with Crippen LogP contribution in [-0.2, 0) is 24.0 Å². The van der Waals surface area contributed by atoms with Crippen molar-refractivity contribution in [1.29, 1.82) is 0 Å². The van der Waals surface area contributed by atoms with Gasteiger partial charge in [-0.25, -0.2) is 4.21 Å². The number of carbonyl (C=O) groups is 2. The molecule has 0 saturated carbocycles.